The lowest BCUT2D eigenvalue weighted by Gasteiger charge is -2.37. The number of ether oxygens (including phenoxy) is 3. The minimum absolute atomic E-state index is 0.0984. The highest BCUT2D eigenvalue weighted by atomic mass is 16.6. The van der Waals surface area contributed by atoms with Crippen LogP contribution in [0.3, 0.4) is 0 Å². The lowest BCUT2D eigenvalue weighted by Crippen LogP contribution is -2.43. The van der Waals surface area contributed by atoms with Crippen LogP contribution in [0.15, 0.2) is 39.1 Å². The highest BCUT2D eigenvalue weighted by molar-refractivity contribution is 6.12. The van der Waals surface area contributed by atoms with Crippen molar-refractivity contribution in [3.05, 3.63) is 46.2 Å². The number of furan rings is 1. The fourth-order valence-electron chi connectivity index (χ4n) is 4.36. The molecular weight excluding hydrogens is 414 g/mol. The summed E-state index contributed by atoms with van der Waals surface area (Å²) in [6.07, 6.45) is 1.35. The van der Waals surface area contributed by atoms with E-state index in [-0.39, 0.29) is 18.3 Å². The Bertz CT molecular complexity index is 955. The van der Waals surface area contributed by atoms with Gasteiger partial charge < -0.3 is 23.9 Å². The zero-order chi connectivity index (χ0) is 23.4. The zero-order valence-electron chi connectivity index (χ0n) is 19.3. The number of hydrogen-bond acceptors (Lipinski definition) is 8. The molecule has 0 fully saturated rings. The predicted molar refractivity (Wildman–Crippen MR) is 115 cm³/mol. The number of hydrogen-bond donors (Lipinski definition) is 1. The molecule has 0 spiro atoms. The molecule has 8 heteroatoms. The standard InChI is InChI=1S/C24H31NO7/c1-6-9-30-10-11-31-24(28)19-15(4)25-16-12-13(2)18(23(27)29-5)22(26)20(16)21(19)17-8-7-14(3)32-17/h7-8,13,18,21,25H,6,9-12H2,1-5H3/t13-,18+,21-/m0/s1. The second-order valence-electron chi connectivity index (χ2n) is 8.23. The number of rotatable bonds is 8. The Kier molecular flexibility index (Phi) is 7.56. The maximum atomic E-state index is 13.5. The summed E-state index contributed by atoms with van der Waals surface area (Å²) < 4.78 is 21.6. The number of carbonyl (C=O) groups excluding carboxylic acids is 3. The Morgan fingerprint density at radius 2 is 1.94 bits per heavy atom. The van der Waals surface area contributed by atoms with Gasteiger partial charge in [0.15, 0.2) is 5.78 Å². The number of dihydropyridines is 1. The summed E-state index contributed by atoms with van der Waals surface area (Å²) >= 11 is 0. The summed E-state index contributed by atoms with van der Waals surface area (Å²) in [7, 11) is 1.27. The molecule has 8 nitrogen and oxygen atoms in total. The van der Waals surface area contributed by atoms with Gasteiger partial charge in [0.25, 0.3) is 0 Å². The molecule has 0 aromatic carbocycles. The van der Waals surface area contributed by atoms with Gasteiger partial charge in [0.05, 0.1) is 25.2 Å². The van der Waals surface area contributed by atoms with Crippen molar-refractivity contribution >= 4 is 17.7 Å². The molecule has 2 heterocycles. The average molecular weight is 446 g/mol. The van der Waals surface area contributed by atoms with E-state index in [0.29, 0.717) is 53.7 Å². The Balaban J connectivity index is 1.98. The number of ketones is 1. The van der Waals surface area contributed by atoms with Gasteiger partial charge in [-0.05, 0) is 44.7 Å². The summed E-state index contributed by atoms with van der Waals surface area (Å²) in [5, 5.41) is 3.22. The monoisotopic (exact) mass is 445 g/mol. The van der Waals surface area contributed by atoms with Crippen molar-refractivity contribution in [2.45, 2.75) is 46.5 Å². The topological polar surface area (TPSA) is 104 Å². The molecule has 1 aromatic heterocycles. The molecule has 3 atom stereocenters. The maximum Gasteiger partial charge on any atom is 0.336 e. The van der Waals surface area contributed by atoms with Crippen molar-refractivity contribution in [3.8, 4) is 0 Å². The van der Waals surface area contributed by atoms with E-state index in [1.54, 1.807) is 26.0 Å². The van der Waals surface area contributed by atoms with E-state index in [1.807, 2.05) is 13.8 Å². The van der Waals surface area contributed by atoms with Crippen LogP contribution < -0.4 is 5.32 Å². The average Bonchev–Trinajstić information content (AvgIpc) is 3.18. The van der Waals surface area contributed by atoms with Crippen LogP contribution in [0, 0.1) is 18.8 Å². The molecular formula is C24H31NO7. The van der Waals surface area contributed by atoms with Crippen LogP contribution >= 0.6 is 0 Å². The predicted octanol–water partition coefficient (Wildman–Crippen LogP) is 3.17. The third-order valence-corrected chi connectivity index (χ3v) is 5.82. The van der Waals surface area contributed by atoms with Crippen molar-refractivity contribution in [1.29, 1.82) is 0 Å². The van der Waals surface area contributed by atoms with Gasteiger partial charge in [-0.3, -0.25) is 9.59 Å². The highest BCUT2D eigenvalue weighted by Crippen LogP contribution is 2.45. The fraction of sp³-hybridized carbons (Fsp3) is 0.542. The van der Waals surface area contributed by atoms with Gasteiger partial charge in [0.1, 0.15) is 24.0 Å². The second-order valence-corrected chi connectivity index (χ2v) is 8.23. The molecule has 1 aliphatic heterocycles. The Labute approximate surface area is 188 Å². The van der Waals surface area contributed by atoms with E-state index in [2.05, 4.69) is 5.32 Å². The van der Waals surface area contributed by atoms with E-state index in [9.17, 15) is 14.4 Å². The largest absolute Gasteiger partial charge is 0.468 e. The SMILES string of the molecule is CCCOCCOC(=O)C1=C(C)NC2=C(C(=O)[C@H](C(=O)OC)[C@@H](C)C2)[C@H]1c1ccc(C)o1. The van der Waals surface area contributed by atoms with Gasteiger partial charge in [0.2, 0.25) is 0 Å². The number of Topliss-reactive ketones (excluding diaryl/α,β-unsaturated/α-hetero) is 1. The van der Waals surface area contributed by atoms with Crippen LogP contribution in [0.4, 0.5) is 0 Å². The third kappa shape index (κ3) is 4.65. The summed E-state index contributed by atoms with van der Waals surface area (Å²) in [5.41, 5.74) is 1.94. The van der Waals surface area contributed by atoms with Gasteiger partial charge in [-0.15, -0.1) is 0 Å². The molecule has 1 aliphatic carbocycles. The molecule has 0 amide bonds. The first-order valence-electron chi connectivity index (χ1n) is 10.9. The summed E-state index contributed by atoms with van der Waals surface area (Å²) in [5.74, 6) is -2.32. The Morgan fingerprint density at radius 3 is 2.56 bits per heavy atom. The molecule has 32 heavy (non-hydrogen) atoms. The van der Waals surface area contributed by atoms with Crippen molar-refractivity contribution in [3.63, 3.8) is 0 Å². The number of esters is 2. The van der Waals surface area contributed by atoms with Crippen LogP contribution in [0.25, 0.3) is 0 Å². The quantitative estimate of drug-likeness (QED) is 0.370. The molecule has 0 unspecified atom stereocenters. The fourth-order valence-corrected chi connectivity index (χ4v) is 4.36. The first-order valence-corrected chi connectivity index (χ1v) is 10.9. The lowest BCUT2D eigenvalue weighted by atomic mass is 9.70. The minimum atomic E-state index is -0.933. The molecule has 0 saturated heterocycles. The third-order valence-electron chi connectivity index (χ3n) is 5.82. The second kappa shape index (κ2) is 10.2. The van der Waals surface area contributed by atoms with E-state index < -0.39 is 23.8 Å². The highest BCUT2D eigenvalue weighted by Gasteiger charge is 2.48. The van der Waals surface area contributed by atoms with Gasteiger partial charge in [-0.1, -0.05) is 13.8 Å². The zero-order valence-corrected chi connectivity index (χ0v) is 19.3. The van der Waals surface area contributed by atoms with Gasteiger partial charge in [-0.25, -0.2) is 4.79 Å². The van der Waals surface area contributed by atoms with Gasteiger partial charge >= 0.3 is 11.9 Å². The smallest absolute Gasteiger partial charge is 0.336 e. The summed E-state index contributed by atoms with van der Waals surface area (Å²) in [6, 6.07) is 3.53. The van der Waals surface area contributed by atoms with Crippen molar-refractivity contribution < 1.29 is 33.0 Å². The molecule has 3 rings (SSSR count). The van der Waals surface area contributed by atoms with Crippen LogP contribution in [0.2, 0.25) is 0 Å². The van der Waals surface area contributed by atoms with E-state index in [1.165, 1.54) is 7.11 Å². The number of methoxy groups -OCH3 is 1. The minimum Gasteiger partial charge on any atom is -0.468 e. The number of carbonyl (C=O) groups is 3. The van der Waals surface area contributed by atoms with Crippen molar-refractivity contribution in [2.24, 2.45) is 11.8 Å². The van der Waals surface area contributed by atoms with Crippen LogP contribution in [0.1, 0.15) is 51.1 Å². The number of allylic oxidation sites excluding steroid dienone is 3. The maximum absolute atomic E-state index is 13.5. The summed E-state index contributed by atoms with van der Waals surface area (Å²) in [4.78, 5) is 39.0. The van der Waals surface area contributed by atoms with Crippen molar-refractivity contribution in [2.75, 3.05) is 26.9 Å². The summed E-state index contributed by atoms with van der Waals surface area (Å²) in [6.45, 7) is 8.39. The molecule has 0 radical (unpaired) electrons. The Hall–Kier alpha value is -2.87. The molecule has 0 bridgehead atoms. The number of nitrogens with one attached hydrogen (secondary N) is 1. The molecule has 2 aliphatic rings. The normalized spacial score (nSPS) is 23.0. The van der Waals surface area contributed by atoms with E-state index in [4.69, 9.17) is 18.6 Å². The van der Waals surface area contributed by atoms with E-state index in [0.717, 1.165) is 6.42 Å². The molecule has 1 aromatic rings. The van der Waals surface area contributed by atoms with Crippen molar-refractivity contribution in [1.82, 2.24) is 5.32 Å². The first-order chi connectivity index (χ1) is 15.3. The molecule has 0 saturated carbocycles. The molecule has 1 N–H and O–H groups in total. The van der Waals surface area contributed by atoms with E-state index >= 15 is 0 Å². The number of aryl methyl sites for hydroxylation is 1. The van der Waals surface area contributed by atoms with Crippen LogP contribution in [-0.2, 0) is 28.6 Å². The first kappa shape index (κ1) is 23.8. The van der Waals surface area contributed by atoms with Gasteiger partial charge in [-0.2, -0.15) is 0 Å². The van der Waals surface area contributed by atoms with Crippen LogP contribution in [-0.4, -0.2) is 44.7 Å². The van der Waals surface area contributed by atoms with Crippen LogP contribution in [0.5, 0.6) is 0 Å². The lowest BCUT2D eigenvalue weighted by molar-refractivity contribution is -0.151. The molecule has 174 valence electrons. The Morgan fingerprint density at radius 1 is 1.19 bits per heavy atom. The van der Waals surface area contributed by atoms with Gasteiger partial charge in [0, 0.05) is 23.6 Å².